The highest BCUT2D eigenvalue weighted by molar-refractivity contribution is 7.13. The number of hydrogen-bond donors (Lipinski definition) is 0. The first-order chi connectivity index (χ1) is 9.34. The van der Waals surface area contributed by atoms with Gasteiger partial charge in [0.15, 0.2) is 0 Å². The highest BCUT2D eigenvalue weighted by Gasteiger charge is 2.20. The Morgan fingerprint density at radius 1 is 1.16 bits per heavy atom. The van der Waals surface area contributed by atoms with E-state index in [9.17, 15) is 4.79 Å². The van der Waals surface area contributed by atoms with E-state index in [4.69, 9.17) is 0 Å². The lowest BCUT2D eigenvalue weighted by atomic mass is 10.1. The minimum Gasteiger partial charge on any atom is -0.337 e. The number of likely N-dealkylation sites (tertiary alicyclic amines) is 1. The van der Waals surface area contributed by atoms with Gasteiger partial charge in [-0.3, -0.25) is 9.78 Å². The van der Waals surface area contributed by atoms with Gasteiger partial charge in [0.2, 0.25) is 0 Å². The second-order valence-electron chi connectivity index (χ2n) is 4.63. The van der Waals surface area contributed by atoms with Crippen LogP contribution in [0.1, 0.15) is 29.8 Å². The summed E-state index contributed by atoms with van der Waals surface area (Å²) in [5.41, 5.74) is 1.58. The van der Waals surface area contributed by atoms with E-state index in [1.165, 1.54) is 17.8 Å². The summed E-state index contributed by atoms with van der Waals surface area (Å²) in [6, 6.07) is 3.82. The van der Waals surface area contributed by atoms with Crippen molar-refractivity contribution >= 4 is 17.2 Å². The van der Waals surface area contributed by atoms with E-state index in [2.05, 4.69) is 9.97 Å². The summed E-state index contributed by atoms with van der Waals surface area (Å²) in [4.78, 5) is 22.7. The van der Waals surface area contributed by atoms with Crippen molar-refractivity contribution in [1.29, 1.82) is 0 Å². The topological polar surface area (TPSA) is 46.1 Å². The van der Waals surface area contributed by atoms with Crippen molar-refractivity contribution < 1.29 is 4.79 Å². The van der Waals surface area contributed by atoms with Crippen LogP contribution < -0.4 is 0 Å². The maximum atomic E-state index is 12.3. The van der Waals surface area contributed by atoms with E-state index < -0.39 is 0 Å². The first-order valence-corrected chi connectivity index (χ1v) is 7.38. The Balaban J connectivity index is 1.79. The Labute approximate surface area is 116 Å². The predicted octanol–water partition coefficient (Wildman–Crippen LogP) is 2.83. The summed E-state index contributed by atoms with van der Waals surface area (Å²) in [5, 5.41) is 2.73. The number of carbonyl (C=O) groups is 1. The van der Waals surface area contributed by atoms with E-state index in [0.717, 1.165) is 36.5 Å². The van der Waals surface area contributed by atoms with Gasteiger partial charge < -0.3 is 4.90 Å². The molecule has 0 spiro atoms. The van der Waals surface area contributed by atoms with Gasteiger partial charge in [0, 0.05) is 36.4 Å². The van der Waals surface area contributed by atoms with Gasteiger partial charge in [-0.1, -0.05) is 0 Å². The van der Waals surface area contributed by atoms with Gasteiger partial charge in [0.05, 0.1) is 0 Å². The molecule has 0 radical (unpaired) electrons. The van der Waals surface area contributed by atoms with Gasteiger partial charge in [0.1, 0.15) is 10.7 Å². The van der Waals surface area contributed by atoms with E-state index in [-0.39, 0.29) is 5.91 Å². The molecule has 5 heteroatoms. The molecular formula is C14H15N3OS. The fraction of sp³-hybridized carbons (Fsp3) is 0.357. The number of hydrogen-bond acceptors (Lipinski definition) is 4. The molecule has 1 fully saturated rings. The molecule has 1 aliphatic heterocycles. The van der Waals surface area contributed by atoms with E-state index in [0.29, 0.717) is 5.69 Å². The van der Waals surface area contributed by atoms with Gasteiger partial charge in [-0.05, 0) is 31.4 Å². The van der Waals surface area contributed by atoms with Crippen LogP contribution in [0.25, 0.3) is 10.6 Å². The molecule has 0 unspecified atom stereocenters. The van der Waals surface area contributed by atoms with E-state index in [1.807, 2.05) is 22.4 Å². The first-order valence-electron chi connectivity index (χ1n) is 6.50. The molecule has 1 aliphatic rings. The Bertz CT molecular complexity index is 561. The number of aromatic nitrogens is 2. The monoisotopic (exact) mass is 273 g/mol. The molecule has 4 nitrogen and oxygen atoms in total. The zero-order chi connectivity index (χ0) is 13.1. The van der Waals surface area contributed by atoms with Crippen LogP contribution in [0.2, 0.25) is 0 Å². The van der Waals surface area contributed by atoms with Gasteiger partial charge in [-0.2, -0.15) is 0 Å². The van der Waals surface area contributed by atoms with Crippen molar-refractivity contribution in [2.75, 3.05) is 13.1 Å². The van der Waals surface area contributed by atoms with E-state index >= 15 is 0 Å². The second kappa shape index (κ2) is 5.48. The summed E-state index contributed by atoms with van der Waals surface area (Å²) in [6.45, 7) is 1.72. The largest absolute Gasteiger partial charge is 0.337 e. The standard InChI is InChI=1S/C14H15N3OS/c18-14(17-8-2-1-3-9-17)12-10-19-13(16-12)11-4-6-15-7-5-11/h4-7,10H,1-3,8-9H2. The highest BCUT2D eigenvalue weighted by Crippen LogP contribution is 2.24. The van der Waals surface area contributed by atoms with Crippen LogP contribution in [0.15, 0.2) is 29.9 Å². The molecule has 1 amide bonds. The number of rotatable bonds is 2. The molecule has 0 aromatic carbocycles. The van der Waals surface area contributed by atoms with Gasteiger partial charge in [0.25, 0.3) is 5.91 Å². The van der Waals surface area contributed by atoms with Crippen LogP contribution in [-0.4, -0.2) is 33.9 Å². The lowest BCUT2D eigenvalue weighted by Crippen LogP contribution is -2.35. The summed E-state index contributed by atoms with van der Waals surface area (Å²) in [7, 11) is 0. The minimum atomic E-state index is 0.0660. The Kier molecular flexibility index (Phi) is 3.55. The summed E-state index contributed by atoms with van der Waals surface area (Å²) in [6.07, 6.45) is 6.91. The van der Waals surface area contributed by atoms with Crippen LogP contribution in [-0.2, 0) is 0 Å². The lowest BCUT2D eigenvalue weighted by molar-refractivity contribution is 0.0719. The zero-order valence-corrected chi connectivity index (χ0v) is 11.4. The molecule has 19 heavy (non-hydrogen) atoms. The third-order valence-electron chi connectivity index (χ3n) is 3.29. The van der Waals surface area contributed by atoms with Gasteiger partial charge >= 0.3 is 0 Å². The van der Waals surface area contributed by atoms with Crippen molar-refractivity contribution in [3.8, 4) is 10.6 Å². The SMILES string of the molecule is O=C(c1csc(-c2ccncc2)n1)N1CCCCC1. The Morgan fingerprint density at radius 3 is 2.63 bits per heavy atom. The first kappa shape index (κ1) is 12.3. The third kappa shape index (κ3) is 2.66. The van der Waals surface area contributed by atoms with Crippen LogP contribution in [0.5, 0.6) is 0 Å². The Hall–Kier alpha value is -1.75. The molecule has 2 aromatic heterocycles. The molecule has 0 aliphatic carbocycles. The second-order valence-corrected chi connectivity index (χ2v) is 5.48. The Morgan fingerprint density at radius 2 is 1.89 bits per heavy atom. The van der Waals surface area contributed by atoms with Gasteiger partial charge in [-0.25, -0.2) is 4.98 Å². The lowest BCUT2D eigenvalue weighted by Gasteiger charge is -2.25. The van der Waals surface area contributed by atoms with Crippen LogP contribution in [0.3, 0.4) is 0 Å². The summed E-state index contributed by atoms with van der Waals surface area (Å²) in [5.74, 6) is 0.0660. The van der Waals surface area contributed by atoms with Crippen molar-refractivity contribution in [3.63, 3.8) is 0 Å². The van der Waals surface area contributed by atoms with Gasteiger partial charge in [-0.15, -0.1) is 11.3 Å². The van der Waals surface area contributed by atoms with Crippen LogP contribution in [0.4, 0.5) is 0 Å². The number of amides is 1. The average molecular weight is 273 g/mol. The normalized spacial score (nSPS) is 15.5. The van der Waals surface area contributed by atoms with E-state index in [1.54, 1.807) is 12.4 Å². The third-order valence-corrected chi connectivity index (χ3v) is 4.19. The van der Waals surface area contributed by atoms with Crippen molar-refractivity contribution in [2.45, 2.75) is 19.3 Å². The molecule has 3 rings (SSSR count). The molecule has 1 saturated heterocycles. The maximum absolute atomic E-state index is 12.3. The van der Waals surface area contributed by atoms with Crippen molar-refractivity contribution in [1.82, 2.24) is 14.9 Å². The average Bonchev–Trinajstić information content (AvgIpc) is 2.98. The quantitative estimate of drug-likeness (QED) is 0.845. The zero-order valence-electron chi connectivity index (χ0n) is 10.6. The smallest absolute Gasteiger partial charge is 0.273 e. The molecule has 2 aromatic rings. The molecule has 0 bridgehead atoms. The minimum absolute atomic E-state index is 0.0660. The molecule has 0 saturated carbocycles. The van der Waals surface area contributed by atoms with Crippen LogP contribution >= 0.6 is 11.3 Å². The number of thiazole rings is 1. The molecule has 0 atom stereocenters. The molecule has 3 heterocycles. The fourth-order valence-corrected chi connectivity index (χ4v) is 3.06. The number of nitrogens with zero attached hydrogens (tertiary/aromatic N) is 3. The number of piperidine rings is 1. The highest BCUT2D eigenvalue weighted by atomic mass is 32.1. The molecular weight excluding hydrogens is 258 g/mol. The molecule has 0 N–H and O–H groups in total. The number of pyridine rings is 1. The van der Waals surface area contributed by atoms with Crippen molar-refractivity contribution in [3.05, 3.63) is 35.6 Å². The maximum Gasteiger partial charge on any atom is 0.273 e. The summed E-state index contributed by atoms with van der Waals surface area (Å²) >= 11 is 1.51. The summed E-state index contributed by atoms with van der Waals surface area (Å²) < 4.78 is 0. The number of carbonyl (C=O) groups excluding carboxylic acids is 1. The van der Waals surface area contributed by atoms with Crippen molar-refractivity contribution in [2.24, 2.45) is 0 Å². The van der Waals surface area contributed by atoms with Crippen LogP contribution in [0, 0.1) is 0 Å². The fourth-order valence-electron chi connectivity index (χ4n) is 2.26. The predicted molar refractivity (Wildman–Crippen MR) is 75.1 cm³/mol. The molecule has 98 valence electrons.